The van der Waals surface area contributed by atoms with Crippen molar-refractivity contribution < 1.29 is 19.2 Å². The van der Waals surface area contributed by atoms with Crippen molar-refractivity contribution in [1.82, 2.24) is 20.4 Å². The molecule has 4 amide bonds. The van der Waals surface area contributed by atoms with Gasteiger partial charge in [0.2, 0.25) is 0 Å². The van der Waals surface area contributed by atoms with Gasteiger partial charge in [-0.3, -0.25) is 19.2 Å². The Kier molecular flexibility index (Phi) is 14.2. The number of hydrogen-bond donors (Lipinski definition) is 2. The second kappa shape index (κ2) is 19.9. The van der Waals surface area contributed by atoms with Crippen LogP contribution in [0.1, 0.15) is 130 Å². The van der Waals surface area contributed by atoms with Gasteiger partial charge in [-0.2, -0.15) is 0 Å². The third kappa shape index (κ3) is 10.3. The first kappa shape index (κ1) is 41.5. The van der Waals surface area contributed by atoms with Gasteiger partial charge in [0.15, 0.2) is 0 Å². The zero-order valence-electron chi connectivity index (χ0n) is 33.1. The number of nitrogens with zero attached hydrogens (tertiary/aromatic N) is 2. The van der Waals surface area contributed by atoms with E-state index >= 15 is 0 Å². The third-order valence-corrected chi connectivity index (χ3v) is 13.3. The standard InChI is InChI=1S/C24H26Cl2N2O2.C24H28N2O2/c25-20-12-7-16(14-21(20)26)15-27-23(29)18-8-10-19(11-9-18)24(30)28-13-3-5-17-4-1-2-6-22(17)28;27-23(25-17-18-7-2-1-3-8-18)20-12-14-21(15-13-20)24(28)26-16-6-10-19-9-4-5-11-22(19)26/h7-12,14,17,22H,1-6,13,15H2,(H,27,29);1-3,7-8,12-15,19,22H,4-6,9-11,16-17H2,(H,25,27)/t17-,22-;19-,22-/m00/s1. The van der Waals surface area contributed by atoms with Gasteiger partial charge in [0.25, 0.3) is 23.6 Å². The Balaban J connectivity index is 0.000000177. The van der Waals surface area contributed by atoms with Crippen LogP contribution in [-0.2, 0) is 13.1 Å². The molecule has 2 aliphatic carbocycles. The molecule has 58 heavy (non-hydrogen) atoms. The van der Waals surface area contributed by atoms with Gasteiger partial charge in [-0.25, -0.2) is 0 Å². The number of likely N-dealkylation sites (tertiary alicyclic amines) is 2. The number of fused-ring (bicyclic) bond motifs is 2. The fourth-order valence-corrected chi connectivity index (χ4v) is 9.75. The number of rotatable bonds is 8. The molecule has 2 heterocycles. The van der Waals surface area contributed by atoms with Crippen molar-refractivity contribution in [1.29, 1.82) is 0 Å². The number of piperidine rings is 2. The van der Waals surface area contributed by atoms with E-state index in [2.05, 4.69) is 20.4 Å². The van der Waals surface area contributed by atoms with Crippen LogP contribution in [0.2, 0.25) is 10.0 Å². The van der Waals surface area contributed by atoms with Crippen molar-refractivity contribution in [3.63, 3.8) is 0 Å². The highest BCUT2D eigenvalue weighted by Crippen LogP contribution is 2.37. The molecular formula is C48H54Cl2N4O4. The van der Waals surface area contributed by atoms with E-state index in [1.165, 1.54) is 51.4 Å². The highest BCUT2D eigenvalue weighted by molar-refractivity contribution is 6.42. The third-order valence-electron chi connectivity index (χ3n) is 12.5. The molecule has 4 aliphatic rings. The molecule has 0 aromatic heterocycles. The summed E-state index contributed by atoms with van der Waals surface area (Å²) in [5.74, 6) is 1.23. The van der Waals surface area contributed by atoms with Crippen molar-refractivity contribution in [2.24, 2.45) is 11.8 Å². The molecule has 4 aromatic carbocycles. The van der Waals surface area contributed by atoms with Crippen LogP contribution in [0.25, 0.3) is 0 Å². The van der Waals surface area contributed by atoms with Crippen LogP contribution in [0.15, 0.2) is 97.1 Å². The zero-order valence-corrected chi connectivity index (χ0v) is 34.7. The summed E-state index contributed by atoms with van der Waals surface area (Å²) in [6.45, 7) is 2.55. The van der Waals surface area contributed by atoms with Crippen LogP contribution >= 0.6 is 23.2 Å². The maximum atomic E-state index is 13.1. The molecule has 8 nitrogen and oxygen atoms in total. The summed E-state index contributed by atoms with van der Waals surface area (Å²) >= 11 is 11.9. The van der Waals surface area contributed by atoms with E-state index in [1.807, 2.05) is 36.4 Å². The number of hydrogen-bond acceptors (Lipinski definition) is 4. The van der Waals surface area contributed by atoms with Gasteiger partial charge in [-0.1, -0.05) is 85.3 Å². The van der Waals surface area contributed by atoms with Crippen molar-refractivity contribution in [3.8, 4) is 0 Å². The van der Waals surface area contributed by atoms with Gasteiger partial charge in [0.05, 0.1) is 10.0 Å². The minimum atomic E-state index is -0.189. The number of amides is 4. The largest absolute Gasteiger partial charge is 0.348 e. The minimum Gasteiger partial charge on any atom is -0.348 e. The molecule has 4 atom stereocenters. The fraction of sp³-hybridized carbons (Fsp3) is 0.417. The highest BCUT2D eigenvalue weighted by Gasteiger charge is 2.37. The lowest BCUT2D eigenvalue weighted by molar-refractivity contribution is 0.0385. The van der Waals surface area contributed by atoms with Gasteiger partial charge in [0, 0.05) is 60.5 Å². The van der Waals surface area contributed by atoms with E-state index in [0.717, 1.165) is 49.9 Å². The number of carbonyl (C=O) groups excluding carboxylic acids is 4. The number of halogens is 2. The summed E-state index contributed by atoms with van der Waals surface area (Å²) in [6.07, 6.45) is 14.5. The number of nitrogens with one attached hydrogen (secondary N) is 2. The molecule has 0 radical (unpaired) electrons. The lowest BCUT2D eigenvalue weighted by Crippen LogP contribution is -2.49. The van der Waals surface area contributed by atoms with Crippen LogP contribution in [0.3, 0.4) is 0 Å². The molecule has 4 aromatic rings. The number of carbonyl (C=O) groups is 4. The van der Waals surface area contributed by atoms with Gasteiger partial charge in [0.1, 0.15) is 0 Å². The lowest BCUT2D eigenvalue weighted by Gasteiger charge is -2.44. The Morgan fingerprint density at radius 2 is 0.914 bits per heavy atom. The first-order chi connectivity index (χ1) is 28.2. The second-order valence-electron chi connectivity index (χ2n) is 16.3. The van der Waals surface area contributed by atoms with Crippen molar-refractivity contribution in [2.75, 3.05) is 13.1 Å². The molecule has 8 rings (SSSR count). The Morgan fingerprint density at radius 1 is 0.483 bits per heavy atom. The summed E-state index contributed by atoms with van der Waals surface area (Å²) < 4.78 is 0. The van der Waals surface area contributed by atoms with E-state index < -0.39 is 0 Å². The van der Waals surface area contributed by atoms with Crippen LogP contribution in [0.5, 0.6) is 0 Å². The van der Waals surface area contributed by atoms with E-state index in [9.17, 15) is 19.2 Å². The molecular weight excluding hydrogens is 767 g/mol. The summed E-state index contributed by atoms with van der Waals surface area (Å²) in [7, 11) is 0. The Labute approximate surface area is 352 Å². The Bertz CT molecular complexity index is 2040. The van der Waals surface area contributed by atoms with E-state index in [-0.39, 0.29) is 23.6 Å². The molecule has 0 spiro atoms. The average Bonchev–Trinajstić information content (AvgIpc) is 3.28. The number of benzene rings is 4. The molecule has 0 unspecified atom stereocenters. The van der Waals surface area contributed by atoms with E-state index in [0.29, 0.717) is 69.3 Å². The smallest absolute Gasteiger partial charge is 0.254 e. The molecule has 10 heteroatoms. The fourth-order valence-electron chi connectivity index (χ4n) is 9.43. The van der Waals surface area contributed by atoms with Crippen molar-refractivity contribution >= 4 is 46.8 Å². The van der Waals surface area contributed by atoms with Gasteiger partial charge in [-0.05, 0) is 135 Å². The topological polar surface area (TPSA) is 98.8 Å². The van der Waals surface area contributed by atoms with Crippen LogP contribution in [0.4, 0.5) is 0 Å². The summed E-state index contributed by atoms with van der Waals surface area (Å²) in [4.78, 5) is 55.2. The lowest BCUT2D eigenvalue weighted by atomic mass is 9.78. The zero-order chi connectivity index (χ0) is 40.4. The normalized spacial score (nSPS) is 21.3. The molecule has 304 valence electrons. The maximum absolute atomic E-state index is 13.1. The molecule has 2 saturated carbocycles. The second-order valence-corrected chi connectivity index (χ2v) is 17.1. The highest BCUT2D eigenvalue weighted by atomic mass is 35.5. The van der Waals surface area contributed by atoms with Gasteiger partial charge < -0.3 is 20.4 Å². The van der Waals surface area contributed by atoms with E-state index in [1.54, 1.807) is 60.7 Å². The Morgan fingerprint density at radius 3 is 1.40 bits per heavy atom. The van der Waals surface area contributed by atoms with Crippen molar-refractivity contribution in [3.05, 3.63) is 140 Å². The molecule has 2 aliphatic heterocycles. The molecule has 4 fully saturated rings. The van der Waals surface area contributed by atoms with Crippen LogP contribution < -0.4 is 10.6 Å². The first-order valence-corrected chi connectivity index (χ1v) is 21.9. The summed E-state index contributed by atoms with van der Waals surface area (Å²) in [5.41, 5.74) is 4.39. The minimum absolute atomic E-state index is 0.0920. The first-order valence-electron chi connectivity index (χ1n) is 21.1. The Hall–Kier alpha value is -4.66. The van der Waals surface area contributed by atoms with Crippen LogP contribution in [0, 0.1) is 11.8 Å². The molecule has 2 saturated heterocycles. The van der Waals surface area contributed by atoms with Gasteiger partial charge >= 0.3 is 0 Å². The van der Waals surface area contributed by atoms with Gasteiger partial charge in [-0.15, -0.1) is 0 Å². The predicted molar refractivity (Wildman–Crippen MR) is 230 cm³/mol. The maximum Gasteiger partial charge on any atom is 0.254 e. The SMILES string of the molecule is O=C(NCc1ccc(Cl)c(Cl)c1)c1ccc(C(=O)N2CCC[C@@H]3CCCC[C@@H]32)cc1.O=C(NCc1ccccc1)c1ccc(C(=O)N2CCC[C@@H]3CCCC[C@@H]32)cc1. The monoisotopic (exact) mass is 820 g/mol. The summed E-state index contributed by atoms with van der Waals surface area (Å²) in [6, 6.07) is 30.0. The average molecular weight is 822 g/mol. The quantitative estimate of drug-likeness (QED) is 0.185. The molecule has 0 bridgehead atoms. The van der Waals surface area contributed by atoms with E-state index in [4.69, 9.17) is 23.2 Å². The van der Waals surface area contributed by atoms with Crippen molar-refractivity contribution in [2.45, 2.75) is 102 Å². The van der Waals surface area contributed by atoms with Crippen LogP contribution in [-0.4, -0.2) is 58.6 Å². The molecule has 2 N–H and O–H groups in total. The predicted octanol–water partition coefficient (Wildman–Crippen LogP) is 10.1. The summed E-state index contributed by atoms with van der Waals surface area (Å²) in [5, 5.41) is 6.75.